The van der Waals surface area contributed by atoms with Crippen LogP contribution in [0.4, 0.5) is 0 Å². The summed E-state index contributed by atoms with van der Waals surface area (Å²) in [6.07, 6.45) is 0. The molecule has 0 aliphatic heterocycles. The molecule has 0 aliphatic carbocycles. The zero-order valence-electron chi connectivity index (χ0n) is 21.2. The normalized spacial score (nSPS) is 12.1. The molecule has 0 fully saturated rings. The summed E-state index contributed by atoms with van der Waals surface area (Å²) >= 11 is 5.61. The van der Waals surface area contributed by atoms with Gasteiger partial charge in [0.05, 0.1) is 21.4 Å². The second kappa shape index (κ2) is 8.31. The molecule has 0 radical (unpaired) electrons. The zero-order valence-corrected chi connectivity index (χ0v) is 23.6. The van der Waals surface area contributed by atoms with Gasteiger partial charge in [0.25, 0.3) is 0 Å². The van der Waals surface area contributed by atoms with E-state index in [0.717, 1.165) is 37.5 Å². The van der Waals surface area contributed by atoms with E-state index in [1.807, 2.05) is 23.5 Å². The molecule has 3 heterocycles. The van der Waals surface area contributed by atoms with Crippen LogP contribution in [0.3, 0.4) is 0 Å². The molecule has 0 amide bonds. The lowest BCUT2D eigenvalue weighted by Gasteiger charge is -2.10. The highest BCUT2D eigenvalue weighted by molar-refractivity contribution is 9.10. The molecule has 40 heavy (non-hydrogen) atoms. The topological polar surface area (TPSA) is 18.1 Å². The summed E-state index contributed by atoms with van der Waals surface area (Å²) in [5.74, 6) is 0. The first-order valence-electron chi connectivity index (χ1n) is 13.3. The van der Waals surface area contributed by atoms with Gasteiger partial charge in [-0.3, -0.25) is 0 Å². The number of hydrogen-bond donors (Lipinski definition) is 0. The van der Waals surface area contributed by atoms with Crippen molar-refractivity contribution in [2.24, 2.45) is 0 Å². The summed E-state index contributed by atoms with van der Waals surface area (Å²) in [5.41, 5.74) is 7.72. The number of fused-ring (bicyclic) bond motifs is 9. The Labute approximate surface area is 241 Å². The molecule has 9 rings (SSSR count). The highest BCUT2D eigenvalue weighted by Gasteiger charge is 2.18. The third-order valence-electron chi connectivity index (χ3n) is 8.07. The minimum Gasteiger partial charge on any atom is -0.455 e. The first kappa shape index (κ1) is 22.4. The molecule has 0 atom stereocenters. The summed E-state index contributed by atoms with van der Waals surface area (Å²) in [5, 5.41) is 7.36. The van der Waals surface area contributed by atoms with Crippen molar-refractivity contribution < 1.29 is 4.42 Å². The summed E-state index contributed by atoms with van der Waals surface area (Å²) in [4.78, 5) is 0. The van der Waals surface area contributed by atoms with Crippen molar-refractivity contribution in [2.45, 2.75) is 0 Å². The predicted molar refractivity (Wildman–Crippen MR) is 174 cm³/mol. The van der Waals surface area contributed by atoms with Crippen LogP contribution in [-0.2, 0) is 0 Å². The molecule has 0 saturated heterocycles. The van der Waals surface area contributed by atoms with E-state index in [-0.39, 0.29) is 0 Å². The van der Waals surface area contributed by atoms with Gasteiger partial charge in [-0.25, -0.2) is 0 Å². The van der Waals surface area contributed by atoms with E-state index in [1.54, 1.807) is 0 Å². The third-order valence-corrected chi connectivity index (χ3v) is 9.77. The monoisotopic (exact) mass is 593 g/mol. The second-order valence-corrected chi connectivity index (χ2v) is 12.2. The number of para-hydroxylation sites is 2. The number of benzene rings is 6. The Morgan fingerprint density at radius 1 is 0.575 bits per heavy atom. The van der Waals surface area contributed by atoms with Crippen LogP contribution in [0.1, 0.15) is 0 Å². The van der Waals surface area contributed by atoms with Gasteiger partial charge in [-0.2, -0.15) is 0 Å². The first-order chi connectivity index (χ1) is 19.7. The quantitative estimate of drug-likeness (QED) is 0.195. The summed E-state index contributed by atoms with van der Waals surface area (Å²) < 4.78 is 12.5. The van der Waals surface area contributed by atoms with Crippen molar-refractivity contribution in [3.05, 3.63) is 126 Å². The number of furan rings is 1. The Kier molecular flexibility index (Phi) is 4.66. The fourth-order valence-corrected chi connectivity index (χ4v) is 7.87. The molecule has 0 N–H and O–H groups in total. The van der Waals surface area contributed by atoms with Gasteiger partial charge in [-0.1, -0.05) is 88.7 Å². The third kappa shape index (κ3) is 3.09. The van der Waals surface area contributed by atoms with Crippen LogP contribution in [0.5, 0.6) is 0 Å². The van der Waals surface area contributed by atoms with E-state index in [2.05, 4.69) is 130 Å². The van der Waals surface area contributed by atoms with Crippen LogP contribution in [0.2, 0.25) is 0 Å². The van der Waals surface area contributed by atoms with E-state index < -0.39 is 0 Å². The standard InChI is InChI=1S/C36H20BrNOS/c37-22-16-18-31-29(20-22)28-19-21(23-9-5-10-26-24-7-1-3-13-33(24)39-35(23)26)15-17-30(28)38(31)32-12-6-11-27-25-8-2-4-14-34(25)40-36(27)32/h1-20H. The smallest absolute Gasteiger partial charge is 0.143 e. The maximum absolute atomic E-state index is 6.40. The Morgan fingerprint density at radius 2 is 1.30 bits per heavy atom. The fourth-order valence-electron chi connectivity index (χ4n) is 6.31. The number of hydrogen-bond acceptors (Lipinski definition) is 2. The Balaban J connectivity index is 1.35. The van der Waals surface area contributed by atoms with Crippen molar-refractivity contribution in [1.29, 1.82) is 0 Å². The van der Waals surface area contributed by atoms with Gasteiger partial charge in [0.2, 0.25) is 0 Å². The van der Waals surface area contributed by atoms with Crippen LogP contribution < -0.4 is 0 Å². The minimum atomic E-state index is 0.919. The van der Waals surface area contributed by atoms with Gasteiger partial charge in [0.1, 0.15) is 11.2 Å². The lowest BCUT2D eigenvalue weighted by Crippen LogP contribution is -1.94. The largest absolute Gasteiger partial charge is 0.455 e. The summed E-state index contributed by atoms with van der Waals surface area (Å²) in [7, 11) is 0. The fraction of sp³-hybridized carbons (Fsp3) is 0. The Hall–Kier alpha value is -4.38. The summed E-state index contributed by atoms with van der Waals surface area (Å²) in [6.45, 7) is 0. The SMILES string of the molecule is Brc1ccc2c(c1)c1cc(-c3cccc4c3oc3ccccc34)ccc1n2-c1cccc2c1sc1ccccc12. The van der Waals surface area contributed by atoms with E-state index in [4.69, 9.17) is 4.42 Å². The van der Waals surface area contributed by atoms with E-state index in [0.29, 0.717) is 0 Å². The van der Waals surface area contributed by atoms with Crippen LogP contribution in [-0.4, -0.2) is 4.57 Å². The highest BCUT2D eigenvalue weighted by Crippen LogP contribution is 2.43. The molecule has 3 aromatic heterocycles. The minimum absolute atomic E-state index is 0.919. The van der Waals surface area contributed by atoms with Gasteiger partial charge < -0.3 is 8.98 Å². The van der Waals surface area contributed by atoms with Gasteiger partial charge >= 0.3 is 0 Å². The molecule has 0 bridgehead atoms. The zero-order chi connectivity index (χ0) is 26.4. The van der Waals surface area contributed by atoms with Crippen molar-refractivity contribution in [1.82, 2.24) is 4.57 Å². The molecule has 6 aromatic carbocycles. The lowest BCUT2D eigenvalue weighted by molar-refractivity contribution is 0.670. The van der Waals surface area contributed by atoms with Crippen LogP contribution in [0.15, 0.2) is 130 Å². The van der Waals surface area contributed by atoms with E-state index >= 15 is 0 Å². The number of halogens is 1. The van der Waals surface area contributed by atoms with Gasteiger partial charge in [0.15, 0.2) is 0 Å². The number of aromatic nitrogens is 1. The molecule has 0 saturated carbocycles. The van der Waals surface area contributed by atoms with E-state index in [1.165, 1.54) is 47.7 Å². The van der Waals surface area contributed by atoms with Gasteiger partial charge in [-0.05, 0) is 54.1 Å². The summed E-state index contributed by atoms with van der Waals surface area (Å²) in [6, 6.07) is 43.5. The molecular formula is C36H20BrNOS. The highest BCUT2D eigenvalue weighted by atomic mass is 79.9. The molecule has 188 valence electrons. The van der Waals surface area contributed by atoms with E-state index in [9.17, 15) is 0 Å². The predicted octanol–water partition coefficient (Wildman–Crippen LogP) is 11.5. The van der Waals surface area contributed by atoms with Crippen molar-refractivity contribution in [2.75, 3.05) is 0 Å². The molecule has 0 unspecified atom stereocenters. The van der Waals surface area contributed by atoms with Gasteiger partial charge in [-0.15, -0.1) is 11.3 Å². The van der Waals surface area contributed by atoms with Crippen molar-refractivity contribution in [3.63, 3.8) is 0 Å². The maximum Gasteiger partial charge on any atom is 0.143 e. The van der Waals surface area contributed by atoms with Gasteiger partial charge in [0, 0.05) is 47.1 Å². The van der Waals surface area contributed by atoms with Crippen LogP contribution in [0.25, 0.3) is 80.7 Å². The molecule has 2 nitrogen and oxygen atoms in total. The molecule has 4 heteroatoms. The lowest BCUT2D eigenvalue weighted by atomic mass is 10.0. The second-order valence-electron chi connectivity index (χ2n) is 10.3. The van der Waals surface area contributed by atoms with Crippen molar-refractivity contribution >= 4 is 91.2 Å². The van der Waals surface area contributed by atoms with Crippen LogP contribution in [0, 0.1) is 0 Å². The average molecular weight is 595 g/mol. The van der Waals surface area contributed by atoms with Crippen LogP contribution >= 0.6 is 27.3 Å². The Morgan fingerprint density at radius 3 is 2.23 bits per heavy atom. The average Bonchev–Trinajstić information content (AvgIpc) is 3.66. The first-order valence-corrected chi connectivity index (χ1v) is 14.9. The maximum atomic E-state index is 6.40. The number of thiophene rings is 1. The molecule has 9 aromatic rings. The molecular weight excluding hydrogens is 574 g/mol. The molecule has 0 aliphatic rings. The number of rotatable bonds is 2. The molecule has 0 spiro atoms. The van der Waals surface area contributed by atoms with Crippen molar-refractivity contribution in [3.8, 4) is 16.8 Å². The number of nitrogens with zero attached hydrogens (tertiary/aromatic N) is 1. The Bertz CT molecular complexity index is 2460.